The van der Waals surface area contributed by atoms with Gasteiger partial charge in [-0.15, -0.1) is 12.4 Å². The molecule has 2 amide bonds. The van der Waals surface area contributed by atoms with E-state index in [9.17, 15) is 9.59 Å². The van der Waals surface area contributed by atoms with Crippen molar-refractivity contribution in [3.8, 4) is 11.3 Å². The maximum absolute atomic E-state index is 12.9. The summed E-state index contributed by atoms with van der Waals surface area (Å²) < 4.78 is 1.78. The van der Waals surface area contributed by atoms with Crippen LogP contribution in [0.3, 0.4) is 0 Å². The number of hydrogen-bond acceptors (Lipinski definition) is 6. The molecule has 1 saturated carbocycles. The summed E-state index contributed by atoms with van der Waals surface area (Å²) in [4.78, 5) is 34.2. The van der Waals surface area contributed by atoms with Crippen LogP contribution >= 0.6 is 24.0 Å². The van der Waals surface area contributed by atoms with Crippen LogP contribution in [-0.2, 0) is 16.1 Å². The van der Waals surface area contributed by atoms with Gasteiger partial charge in [0.15, 0.2) is 0 Å². The third kappa shape index (κ3) is 3.67. The number of hydrogen-bond donors (Lipinski definition) is 1. The highest BCUT2D eigenvalue weighted by molar-refractivity contribution is 6.31. The number of rotatable bonds is 4. The number of piperidine rings is 1. The van der Waals surface area contributed by atoms with Crippen molar-refractivity contribution >= 4 is 47.0 Å². The molecule has 3 aromatic rings. The number of carbonyl (C=O) groups is 2. The molecule has 5 heterocycles. The smallest absolute Gasteiger partial charge is 0.233 e. The number of carbonyl (C=O) groups excluding carboxylic acids is 2. The molecule has 1 aromatic carbocycles. The van der Waals surface area contributed by atoms with Gasteiger partial charge in [-0.25, -0.2) is 9.50 Å². The van der Waals surface area contributed by atoms with E-state index in [0.29, 0.717) is 5.02 Å². The third-order valence-corrected chi connectivity index (χ3v) is 9.17. The second-order valence-electron chi connectivity index (χ2n) is 11.5. The summed E-state index contributed by atoms with van der Waals surface area (Å²) in [5.41, 5.74) is 4.54. The monoisotopic (exact) mass is 540 g/mol. The normalized spacial score (nSPS) is 27.9. The van der Waals surface area contributed by atoms with Crippen molar-refractivity contribution in [2.45, 2.75) is 45.2 Å². The van der Waals surface area contributed by atoms with Crippen molar-refractivity contribution in [3.63, 3.8) is 0 Å². The standard InChI is InChI=1S/C27H29ClN6O2.ClH/c1-26(2)21-22(26)25(36)33(24(21)35)12-16-10-20-23(29-15-31-34(20)13-16)18-11-17(28)4-5-19(18)32-9-7-27(14-32)6-3-8-30-27;/h4-5,10-11,13,15,21-22,30H,3,6-9,12,14H2,1-2H3;1H. The number of halogens is 2. The first-order valence-electron chi connectivity index (χ1n) is 12.7. The summed E-state index contributed by atoms with van der Waals surface area (Å²) in [6.45, 7) is 7.28. The second-order valence-corrected chi connectivity index (χ2v) is 11.9. The van der Waals surface area contributed by atoms with E-state index in [0.717, 1.165) is 54.1 Å². The molecule has 8 nitrogen and oxygen atoms in total. The predicted molar refractivity (Wildman–Crippen MR) is 144 cm³/mol. The molecule has 194 valence electrons. The van der Waals surface area contributed by atoms with E-state index in [-0.39, 0.29) is 53.6 Å². The number of amides is 2. The Balaban J connectivity index is 0.00000252. The van der Waals surface area contributed by atoms with Crippen LogP contribution in [0.5, 0.6) is 0 Å². The van der Waals surface area contributed by atoms with E-state index in [1.54, 1.807) is 10.8 Å². The van der Waals surface area contributed by atoms with Crippen LogP contribution in [-0.4, -0.2) is 56.5 Å². The van der Waals surface area contributed by atoms with Crippen molar-refractivity contribution in [1.82, 2.24) is 24.8 Å². The number of aromatic nitrogens is 3. The van der Waals surface area contributed by atoms with Crippen molar-refractivity contribution in [2.24, 2.45) is 17.3 Å². The number of nitrogens with zero attached hydrogens (tertiary/aromatic N) is 5. The number of likely N-dealkylation sites (tertiary alicyclic amines) is 1. The van der Waals surface area contributed by atoms with Crippen molar-refractivity contribution in [2.75, 3.05) is 24.5 Å². The molecule has 3 aliphatic heterocycles. The van der Waals surface area contributed by atoms with E-state index in [4.69, 9.17) is 11.6 Å². The molecule has 3 saturated heterocycles. The van der Waals surface area contributed by atoms with Gasteiger partial charge in [-0.3, -0.25) is 14.5 Å². The fraction of sp³-hybridized carbons (Fsp3) is 0.481. The summed E-state index contributed by atoms with van der Waals surface area (Å²) in [7, 11) is 0. The molecular weight excluding hydrogens is 511 g/mol. The lowest BCUT2D eigenvalue weighted by Crippen LogP contribution is -2.42. The fourth-order valence-corrected chi connectivity index (χ4v) is 7.06. The van der Waals surface area contributed by atoms with Gasteiger partial charge in [-0.1, -0.05) is 25.4 Å². The highest BCUT2D eigenvalue weighted by atomic mass is 35.5. The van der Waals surface area contributed by atoms with Crippen LogP contribution in [0.2, 0.25) is 5.02 Å². The summed E-state index contributed by atoms with van der Waals surface area (Å²) in [6.07, 6.45) is 6.99. The molecule has 4 aliphatic rings. The van der Waals surface area contributed by atoms with Crippen molar-refractivity contribution < 1.29 is 9.59 Å². The number of imide groups is 1. The van der Waals surface area contributed by atoms with Crippen LogP contribution in [0.15, 0.2) is 36.8 Å². The molecule has 2 aromatic heterocycles. The van der Waals surface area contributed by atoms with Gasteiger partial charge in [0.2, 0.25) is 11.8 Å². The average Bonchev–Trinajstić information content (AvgIpc) is 3.42. The summed E-state index contributed by atoms with van der Waals surface area (Å²) in [6, 6.07) is 7.98. The summed E-state index contributed by atoms with van der Waals surface area (Å²) in [5.74, 6) is -0.469. The molecule has 4 fully saturated rings. The first kappa shape index (κ1) is 24.6. The molecule has 1 N–H and O–H groups in total. The first-order valence-corrected chi connectivity index (χ1v) is 13.1. The Morgan fingerprint density at radius 3 is 2.65 bits per heavy atom. The number of nitrogens with one attached hydrogen (secondary N) is 1. The van der Waals surface area contributed by atoms with E-state index in [2.05, 4.69) is 26.4 Å². The maximum atomic E-state index is 12.9. The second kappa shape index (κ2) is 8.41. The van der Waals surface area contributed by atoms with Gasteiger partial charge < -0.3 is 10.2 Å². The zero-order valence-electron chi connectivity index (χ0n) is 20.9. The zero-order chi connectivity index (χ0) is 24.8. The first-order chi connectivity index (χ1) is 17.3. The Kier molecular flexibility index (Phi) is 5.60. The van der Waals surface area contributed by atoms with Gasteiger partial charge in [0.25, 0.3) is 0 Å². The molecule has 0 bridgehead atoms. The minimum Gasteiger partial charge on any atom is -0.369 e. The lowest BCUT2D eigenvalue weighted by molar-refractivity contribution is -0.143. The third-order valence-electron chi connectivity index (χ3n) is 8.94. The number of benzene rings is 1. The molecule has 37 heavy (non-hydrogen) atoms. The van der Waals surface area contributed by atoms with E-state index in [1.807, 2.05) is 38.2 Å². The largest absolute Gasteiger partial charge is 0.369 e. The van der Waals surface area contributed by atoms with Gasteiger partial charge in [0, 0.05) is 41.1 Å². The molecule has 3 atom stereocenters. The van der Waals surface area contributed by atoms with Gasteiger partial charge >= 0.3 is 0 Å². The molecule has 7 rings (SSSR count). The summed E-state index contributed by atoms with van der Waals surface area (Å²) in [5, 5.41) is 8.80. The van der Waals surface area contributed by atoms with E-state index >= 15 is 0 Å². The number of anilines is 1. The number of fused-ring (bicyclic) bond motifs is 2. The Hall–Kier alpha value is -2.68. The lowest BCUT2D eigenvalue weighted by atomic mass is 9.97. The topological polar surface area (TPSA) is 82.8 Å². The van der Waals surface area contributed by atoms with Crippen molar-refractivity contribution in [1.29, 1.82) is 0 Å². The SMILES string of the molecule is CC1(C)C2C(=O)N(Cc3cc4c(-c5cc(Cl)ccc5N5CCC6(CCCN6)C5)ncnn4c3)C(=O)C21.Cl. The Morgan fingerprint density at radius 2 is 1.92 bits per heavy atom. The average molecular weight is 541 g/mol. The Morgan fingerprint density at radius 1 is 1.14 bits per heavy atom. The van der Waals surface area contributed by atoms with Gasteiger partial charge in [-0.05, 0) is 61.1 Å². The summed E-state index contributed by atoms with van der Waals surface area (Å²) >= 11 is 6.47. The minimum absolute atomic E-state index is 0. The quantitative estimate of drug-likeness (QED) is 0.504. The van der Waals surface area contributed by atoms with Gasteiger partial charge in [0.1, 0.15) is 6.33 Å². The molecule has 3 unspecified atom stereocenters. The van der Waals surface area contributed by atoms with Crippen LogP contribution in [0, 0.1) is 17.3 Å². The Bertz CT molecular complexity index is 1410. The fourth-order valence-electron chi connectivity index (χ4n) is 6.89. The molecule has 1 spiro atoms. The van der Waals surface area contributed by atoms with Crippen LogP contribution in [0.1, 0.15) is 38.7 Å². The highest BCUT2D eigenvalue weighted by Crippen LogP contribution is 2.63. The molecular formula is C27H30Cl2N6O2. The van der Waals surface area contributed by atoms with Crippen LogP contribution in [0.25, 0.3) is 16.8 Å². The van der Waals surface area contributed by atoms with Gasteiger partial charge in [0.05, 0.1) is 29.6 Å². The molecule has 0 radical (unpaired) electrons. The predicted octanol–water partition coefficient (Wildman–Crippen LogP) is 3.94. The van der Waals surface area contributed by atoms with Crippen molar-refractivity contribution in [3.05, 3.63) is 47.4 Å². The maximum Gasteiger partial charge on any atom is 0.233 e. The van der Waals surface area contributed by atoms with E-state index < -0.39 is 0 Å². The minimum atomic E-state index is -0.208. The zero-order valence-corrected chi connectivity index (χ0v) is 22.5. The van der Waals surface area contributed by atoms with Crippen LogP contribution < -0.4 is 10.2 Å². The Labute approximate surface area is 226 Å². The van der Waals surface area contributed by atoms with Gasteiger partial charge in [-0.2, -0.15) is 5.10 Å². The van der Waals surface area contributed by atoms with Crippen LogP contribution in [0.4, 0.5) is 5.69 Å². The molecule has 10 heteroatoms. The highest BCUT2D eigenvalue weighted by Gasteiger charge is 2.72. The lowest BCUT2D eigenvalue weighted by Gasteiger charge is -2.26. The van der Waals surface area contributed by atoms with E-state index in [1.165, 1.54) is 17.7 Å². The molecule has 1 aliphatic carbocycles.